The minimum absolute atomic E-state index is 0.340. The van der Waals surface area contributed by atoms with E-state index < -0.39 is 0 Å². The van der Waals surface area contributed by atoms with Gasteiger partial charge in [-0.15, -0.1) is 0 Å². The molecular formula is C15H31N3. The van der Waals surface area contributed by atoms with Crippen molar-refractivity contribution in [2.45, 2.75) is 51.1 Å². The first-order chi connectivity index (χ1) is 8.50. The van der Waals surface area contributed by atoms with Crippen LogP contribution in [0.2, 0.25) is 0 Å². The van der Waals surface area contributed by atoms with Crippen LogP contribution in [0.5, 0.6) is 0 Å². The van der Waals surface area contributed by atoms with Gasteiger partial charge >= 0.3 is 0 Å². The summed E-state index contributed by atoms with van der Waals surface area (Å²) in [6.07, 6.45) is 5.65. The Balaban J connectivity index is 1.94. The van der Waals surface area contributed by atoms with Crippen molar-refractivity contribution in [1.82, 2.24) is 15.1 Å². The molecule has 2 rings (SSSR count). The van der Waals surface area contributed by atoms with Gasteiger partial charge in [0, 0.05) is 37.8 Å². The largest absolute Gasteiger partial charge is 0.314 e. The molecule has 3 heteroatoms. The van der Waals surface area contributed by atoms with E-state index in [4.69, 9.17) is 0 Å². The Morgan fingerprint density at radius 2 is 1.83 bits per heavy atom. The van der Waals surface area contributed by atoms with Crippen molar-refractivity contribution in [3.05, 3.63) is 0 Å². The van der Waals surface area contributed by atoms with E-state index in [2.05, 4.69) is 43.1 Å². The van der Waals surface area contributed by atoms with Gasteiger partial charge < -0.3 is 10.2 Å². The van der Waals surface area contributed by atoms with Crippen molar-refractivity contribution in [2.24, 2.45) is 5.92 Å². The molecule has 1 unspecified atom stereocenters. The third-order valence-corrected chi connectivity index (χ3v) is 5.04. The summed E-state index contributed by atoms with van der Waals surface area (Å²) in [5, 5.41) is 3.46. The van der Waals surface area contributed by atoms with Crippen molar-refractivity contribution < 1.29 is 0 Å². The molecular weight excluding hydrogens is 222 g/mol. The van der Waals surface area contributed by atoms with Crippen molar-refractivity contribution in [3.8, 4) is 0 Å². The van der Waals surface area contributed by atoms with Gasteiger partial charge in [-0.2, -0.15) is 0 Å². The maximum Gasteiger partial charge on any atom is 0.0169 e. The Bertz CT molecular complexity index is 252. The minimum Gasteiger partial charge on any atom is -0.314 e. The predicted molar refractivity (Wildman–Crippen MR) is 78.0 cm³/mol. The van der Waals surface area contributed by atoms with Crippen molar-refractivity contribution >= 4 is 0 Å². The zero-order valence-corrected chi connectivity index (χ0v) is 12.7. The fourth-order valence-electron chi connectivity index (χ4n) is 3.51. The van der Waals surface area contributed by atoms with Gasteiger partial charge in [-0.1, -0.05) is 6.42 Å². The van der Waals surface area contributed by atoms with E-state index >= 15 is 0 Å². The summed E-state index contributed by atoms with van der Waals surface area (Å²) >= 11 is 0. The average Bonchev–Trinajstić information content (AvgIpc) is 2.26. The van der Waals surface area contributed by atoms with E-state index in [0.717, 1.165) is 25.0 Å². The van der Waals surface area contributed by atoms with Gasteiger partial charge in [0.2, 0.25) is 0 Å². The first kappa shape index (κ1) is 14.3. The van der Waals surface area contributed by atoms with Crippen LogP contribution in [-0.2, 0) is 0 Å². The molecule has 0 amide bonds. The van der Waals surface area contributed by atoms with Crippen molar-refractivity contribution in [2.75, 3.05) is 40.3 Å². The fraction of sp³-hybridized carbons (Fsp3) is 1.00. The van der Waals surface area contributed by atoms with Crippen LogP contribution < -0.4 is 5.32 Å². The highest BCUT2D eigenvalue weighted by Gasteiger charge is 2.36. The normalized spacial score (nSPS) is 25.2. The molecule has 0 spiro atoms. The van der Waals surface area contributed by atoms with Crippen LogP contribution in [-0.4, -0.2) is 61.7 Å². The van der Waals surface area contributed by atoms with Gasteiger partial charge in [0.15, 0.2) is 0 Å². The fourth-order valence-corrected chi connectivity index (χ4v) is 3.51. The van der Waals surface area contributed by atoms with Gasteiger partial charge in [-0.05, 0) is 53.1 Å². The quantitative estimate of drug-likeness (QED) is 0.806. The molecule has 0 aromatic heterocycles. The topological polar surface area (TPSA) is 18.5 Å². The number of nitrogens with zero attached hydrogens (tertiary/aromatic N) is 2. The lowest BCUT2D eigenvalue weighted by molar-refractivity contribution is 0.0398. The molecule has 2 aliphatic rings. The zero-order chi connectivity index (χ0) is 13.2. The van der Waals surface area contributed by atoms with Gasteiger partial charge in [0.25, 0.3) is 0 Å². The standard InChI is InChI=1S/C15H31N3/c1-15(2,18-10-8-16-9-11-18)12-14(17(3)4)13-6-5-7-13/h13-14,16H,5-12H2,1-4H3. The molecule has 3 nitrogen and oxygen atoms in total. The summed E-state index contributed by atoms with van der Waals surface area (Å²) in [6, 6.07) is 0.767. The van der Waals surface area contributed by atoms with Gasteiger partial charge in [0.1, 0.15) is 0 Å². The van der Waals surface area contributed by atoms with Crippen molar-refractivity contribution in [1.29, 1.82) is 0 Å². The lowest BCUT2D eigenvalue weighted by Crippen LogP contribution is -2.56. The van der Waals surface area contributed by atoms with Crippen LogP contribution in [0, 0.1) is 5.92 Å². The third-order valence-electron chi connectivity index (χ3n) is 5.04. The highest BCUT2D eigenvalue weighted by molar-refractivity contribution is 4.93. The number of rotatable bonds is 5. The smallest absolute Gasteiger partial charge is 0.0169 e. The van der Waals surface area contributed by atoms with E-state index in [-0.39, 0.29) is 0 Å². The summed E-state index contributed by atoms with van der Waals surface area (Å²) in [5.41, 5.74) is 0.340. The Labute approximate surface area is 113 Å². The average molecular weight is 253 g/mol. The summed E-state index contributed by atoms with van der Waals surface area (Å²) in [7, 11) is 4.52. The Morgan fingerprint density at radius 1 is 1.22 bits per heavy atom. The SMILES string of the molecule is CN(C)C(CC(C)(C)N1CCNCC1)C1CCC1. The van der Waals surface area contributed by atoms with Crippen LogP contribution >= 0.6 is 0 Å². The van der Waals surface area contributed by atoms with Crippen molar-refractivity contribution in [3.63, 3.8) is 0 Å². The number of hydrogen-bond donors (Lipinski definition) is 1. The summed E-state index contributed by atoms with van der Waals surface area (Å²) in [4.78, 5) is 5.15. The lowest BCUT2D eigenvalue weighted by atomic mass is 9.75. The number of hydrogen-bond acceptors (Lipinski definition) is 3. The lowest BCUT2D eigenvalue weighted by Gasteiger charge is -2.47. The molecule has 1 saturated heterocycles. The molecule has 1 saturated carbocycles. The maximum atomic E-state index is 3.46. The van der Waals surface area contributed by atoms with Crippen LogP contribution in [0.1, 0.15) is 39.5 Å². The van der Waals surface area contributed by atoms with E-state index in [1.54, 1.807) is 0 Å². The van der Waals surface area contributed by atoms with Gasteiger partial charge in [-0.25, -0.2) is 0 Å². The van der Waals surface area contributed by atoms with Gasteiger partial charge in [0.05, 0.1) is 0 Å². The predicted octanol–water partition coefficient (Wildman–Crippen LogP) is 1.79. The Hall–Kier alpha value is -0.120. The zero-order valence-electron chi connectivity index (χ0n) is 12.7. The first-order valence-electron chi connectivity index (χ1n) is 7.63. The highest BCUT2D eigenvalue weighted by Crippen LogP contribution is 2.36. The second-order valence-electron chi connectivity index (χ2n) is 6.98. The van der Waals surface area contributed by atoms with Crippen LogP contribution in [0.4, 0.5) is 0 Å². The molecule has 0 aromatic carbocycles. The third kappa shape index (κ3) is 3.25. The molecule has 0 aromatic rings. The van der Waals surface area contributed by atoms with E-state index in [1.165, 1.54) is 38.8 Å². The van der Waals surface area contributed by atoms with Gasteiger partial charge in [-0.3, -0.25) is 4.90 Å². The van der Waals surface area contributed by atoms with Crippen LogP contribution in [0.15, 0.2) is 0 Å². The Morgan fingerprint density at radius 3 is 2.28 bits per heavy atom. The summed E-state index contributed by atoms with van der Waals surface area (Å²) < 4.78 is 0. The molecule has 0 bridgehead atoms. The van der Waals surface area contributed by atoms with E-state index in [9.17, 15) is 0 Å². The molecule has 1 heterocycles. The maximum absolute atomic E-state index is 3.46. The first-order valence-corrected chi connectivity index (χ1v) is 7.63. The highest BCUT2D eigenvalue weighted by atomic mass is 15.2. The molecule has 1 atom stereocenters. The summed E-state index contributed by atoms with van der Waals surface area (Å²) in [5.74, 6) is 0.946. The molecule has 0 radical (unpaired) electrons. The second-order valence-corrected chi connectivity index (χ2v) is 6.98. The number of nitrogens with one attached hydrogen (secondary N) is 1. The van der Waals surface area contributed by atoms with Crippen LogP contribution in [0.25, 0.3) is 0 Å². The summed E-state index contributed by atoms with van der Waals surface area (Å²) in [6.45, 7) is 9.59. The Kier molecular flexibility index (Phi) is 4.68. The molecule has 106 valence electrons. The molecule has 1 aliphatic carbocycles. The second kappa shape index (κ2) is 5.89. The molecule has 18 heavy (non-hydrogen) atoms. The van der Waals surface area contributed by atoms with Crippen LogP contribution in [0.3, 0.4) is 0 Å². The molecule has 1 aliphatic heterocycles. The minimum atomic E-state index is 0.340. The monoisotopic (exact) mass is 253 g/mol. The molecule has 2 fully saturated rings. The van der Waals surface area contributed by atoms with E-state index in [1.807, 2.05) is 0 Å². The van der Waals surface area contributed by atoms with E-state index in [0.29, 0.717) is 5.54 Å². The molecule has 1 N–H and O–H groups in total. The number of piperazine rings is 1.